The number of sulfonamides is 1. The van der Waals surface area contributed by atoms with Crippen LogP contribution in [0, 0.1) is 12.8 Å². The number of carbonyl (C=O) groups is 1. The second-order valence-electron chi connectivity index (χ2n) is 7.50. The molecule has 0 spiro atoms. The minimum Gasteiger partial charge on any atom is -0.349 e. The molecule has 1 fully saturated rings. The van der Waals surface area contributed by atoms with Gasteiger partial charge in [-0.1, -0.05) is 43.5 Å². The molecule has 0 aromatic heterocycles. The Morgan fingerprint density at radius 1 is 1.15 bits per heavy atom. The predicted molar refractivity (Wildman–Crippen MR) is 102 cm³/mol. The summed E-state index contributed by atoms with van der Waals surface area (Å²) in [5.41, 5.74) is 1.73. The van der Waals surface area contributed by atoms with E-state index in [9.17, 15) is 13.2 Å². The van der Waals surface area contributed by atoms with E-state index in [2.05, 4.69) is 12.2 Å². The molecule has 5 nitrogen and oxygen atoms in total. The number of hydrogen-bond acceptors (Lipinski definition) is 3. The van der Waals surface area contributed by atoms with E-state index in [1.165, 1.54) is 10.7 Å². The molecular weight excluding hydrogens is 348 g/mol. The molecule has 1 saturated carbocycles. The zero-order valence-corrected chi connectivity index (χ0v) is 16.4. The molecule has 6 heteroatoms. The summed E-state index contributed by atoms with van der Waals surface area (Å²) in [4.78, 5) is 12.8. The Labute approximate surface area is 156 Å². The Kier molecular flexibility index (Phi) is 5.82. The molecule has 1 aliphatic heterocycles. The summed E-state index contributed by atoms with van der Waals surface area (Å²) in [5.74, 6) is 0.478. The normalized spacial score (nSPS) is 24.8. The number of hydrogen-bond donors (Lipinski definition) is 1. The van der Waals surface area contributed by atoms with Crippen molar-refractivity contribution in [3.8, 4) is 0 Å². The number of aryl methyl sites for hydroxylation is 1. The van der Waals surface area contributed by atoms with Crippen molar-refractivity contribution in [1.29, 1.82) is 0 Å². The van der Waals surface area contributed by atoms with Crippen LogP contribution in [0.2, 0.25) is 0 Å². The molecule has 0 radical (unpaired) electrons. The smallest absolute Gasteiger partial charge is 0.247 e. The summed E-state index contributed by atoms with van der Waals surface area (Å²) in [7, 11) is -3.51. The van der Waals surface area contributed by atoms with E-state index in [4.69, 9.17) is 0 Å². The maximum Gasteiger partial charge on any atom is 0.247 e. The van der Waals surface area contributed by atoms with Crippen molar-refractivity contribution >= 4 is 15.9 Å². The number of amides is 1. The molecule has 0 saturated heterocycles. The standard InChI is InChI=1S/C20H28N2O3S/c1-15-7-9-18(10-8-15)26(24,25)22-13-11-17(12-14-22)20(23)21-19-6-4-3-5-16(19)2/h7-11,16,19H,3-6,12-14H2,1-2H3,(H,21,23)/t16-,19-/m1/s1. The monoisotopic (exact) mass is 376 g/mol. The lowest BCUT2D eigenvalue weighted by molar-refractivity contribution is -0.119. The van der Waals surface area contributed by atoms with Gasteiger partial charge in [0.2, 0.25) is 15.9 Å². The molecule has 1 aromatic rings. The first kappa shape index (κ1) is 19.1. The number of carbonyl (C=O) groups excluding carboxylic acids is 1. The number of rotatable bonds is 4. The molecule has 3 rings (SSSR count). The highest BCUT2D eigenvalue weighted by Crippen LogP contribution is 2.25. The predicted octanol–water partition coefficient (Wildman–Crippen LogP) is 3.01. The van der Waals surface area contributed by atoms with E-state index in [0.717, 1.165) is 24.8 Å². The highest BCUT2D eigenvalue weighted by molar-refractivity contribution is 7.89. The lowest BCUT2D eigenvalue weighted by atomic mass is 9.85. The number of benzene rings is 1. The van der Waals surface area contributed by atoms with Crippen LogP contribution in [0.1, 0.15) is 44.6 Å². The van der Waals surface area contributed by atoms with E-state index >= 15 is 0 Å². The molecule has 142 valence electrons. The van der Waals surface area contributed by atoms with Gasteiger partial charge in [0.25, 0.3) is 0 Å². The fourth-order valence-electron chi connectivity index (χ4n) is 3.73. The zero-order valence-electron chi connectivity index (χ0n) is 15.6. The third-order valence-corrected chi connectivity index (χ3v) is 7.43. The van der Waals surface area contributed by atoms with Crippen molar-refractivity contribution in [2.45, 2.75) is 56.9 Å². The van der Waals surface area contributed by atoms with Gasteiger partial charge in [0.1, 0.15) is 0 Å². The summed E-state index contributed by atoms with van der Waals surface area (Å²) in [5, 5.41) is 3.15. The van der Waals surface area contributed by atoms with Gasteiger partial charge in [-0.3, -0.25) is 4.79 Å². The van der Waals surface area contributed by atoms with E-state index in [-0.39, 0.29) is 18.5 Å². The van der Waals surface area contributed by atoms with E-state index < -0.39 is 10.0 Å². The van der Waals surface area contributed by atoms with Gasteiger partial charge in [0.05, 0.1) is 4.90 Å². The maximum atomic E-state index is 12.7. The summed E-state index contributed by atoms with van der Waals surface area (Å²) >= 11 is 0. The average molecular weight is 377 g/mol. The Bertz CT molecular complexity index is 784. The topological polar surface area (TPSA) is 66.5 Å². The number of nitrogens with zero attached hydrogens (tertiary/aromatic N) is 1. The molecule has 2 atom stereocenters. The van der Waals surface area contributed by atoms with Crippen molar-refractivity contribution in [3.63, 3.8) is 0 Å². The van der Waals surface area contributed by atoms with Crippen molar-refractivity contribution in [2.24, 2.45) is 5.92 Å². The minimum atomic E-state index is -3.51. The fourth-order valence-corrected chi connectivity index (χ4v) is 5.11. The summed E-state index contributed by atoms with van der Waals surface area (Å²) in [6.07, 6.45) is 6.82. The van der Waals surface area contributed by atoms with Gasteiger partial charge in [-0.05, 0) is 44.2 Å². The SMILES string of the molecule is Cc1ccc(S(=O)(=O)N2CC=C(C(=O)N[C@@H]3CCCC[C@H]3C)CC2)cc1. The largest absolute Gasteiger partial charge is 0.349 e. The second kappa shape index (κ2) is 7.92. The number of nitrogens with one attached hydrogen (secondary N) is 1. The van der Waals surface area contributed by atoms with Crippen LogP contribution in [0.3, 0.4) is 0 Å². The fraction of sp³-hybridized carbons (Fsp3) is 0.550. The third-order valence-electron chi connectivity index (χ3n) is 5.55. The van der Waals surface area contributed by atoms with Gasteiger partial charge < -0.3 is 5.32 Å². The first-order valence-electron chi connectivity index (χ1n) is 9.44. The summed E-state index contributed by atoms with van der Waals surface area (Å²) in [6.45, 7) is 4.71. The zero-order chi connectivity index (χ0) is 18.7. The lowest BCUT2D eigenvalue weighted by Gasteiger charge is -2.31. The van der Waals surface area contributed by atoms with Crippen LogP contribution in [-0.4, -0.2) is 37.8 Å². The maximum absolute atomic E-state index is 12.7. The van der Waals surface area contributed by atoms with Crippen molar-refractivity contribution in [1.82, 2.24) is 9.62 Å². The minimum absolute atomic E-state index is 0.0314. The molecule has 0 bridgehead atoms. The van der Waals surface area contributed by atoms with Crippen LogP contribution < -0.4 is 5.32 Å². The molecule has 1 aromatic carbocycles. The van der Waals surface area contributed by atoms with E-state index in [1.54, 1.807) is 30.3 Å². The highest BCUT2D eigenvalue weighted by atomic mass is 32.2. The van der Waals surface area contributed by atoms with Gasteiger partial charge in [-0.2, -0.15) is 4.31 Å². The summed E-state index contributed by atoms with van der Waals surface area (Å²) in [6, 6.07) is 7.13. The van der Waals surface area contributed by atoms with Gasteiger partial charge in [0, 0.05) is 24.7 Å². The van der Waals surface area contributed by atoms with Gasteiger partial charge >= 0.3 is 0 Å². The molecule has 26 heavy (non-hydrogen) atoms. The molecule has 1 heterocycles. The highest BCUT2D eigenvalue weighted by Gasteiger charge is 2.29. The average Bonchev–Trinajstić information content (AvgIpc) is 2.64. The van der Waals surface area contributed by atoms with Crippen LogP contribution >= 0.6 is 0 Å². The quantitative estimate of drug-likeness (QED) is 0.878. The van der Waals surface area contributed by atoms with Crippen LogP contribution in [0.15, 0.2) is 40.8 Å². The summed E-state index contributed by atoms with van der Waals surface area (Å²) < 4.78 is 26.9. The van der Waals surface area contributed by atoms with E-state index in [1.807, 2.05) is 6.92 Å². The Morgan fingerprint density at radius 2 is 1.85 bits per heavy atom. The Morgan fingerprint density at radius 3 is 2.46 bits per heavy atom. The first-order valence-corrected chi connectivity index (χ1v) is 10.9. The van der Waals surface area contributed by atoms with Gasteiger partial charge in [-0.25, -0.2) is 8.42 Å². The second-order valence-corrected chi connectivity index (χ2v) is 9.44. The Balaban J connectivity index is 1.64. The molecule has 0 unspecified atom stereocenters. The molecule has 1 amide bonds. The molecule has 2 aliphatic rings. The Hall–Kier alpha value is -1.66. The van der Waals surface area contributed by atoms with Gasteiger partial charge in [-0.15, -0.1) is 0 Å². The van der Waals surface area contributed by atoms with Crippen LogP contribution in [0.5, 0.6) is 0 Å². The van der Waals surface area contributed by atoms with Crippen molar-refractivity contribution in [3.05, 3.63) is 41.5 Å². The van der Waals surface area contributed by atoms with E-state index in [0.29, 0.717) is 29.4 Å². The lowest BCUT2D eigenvalue weighted by Crippen LogP contribution is -2.43. The van der Waals surface area contributed by atoms with Crippen molar-refractivity contribution < 1.29 is 13.2 Å². The van der Waals surface area contributed by atoms with Crippen LogP contribution in [0.25, 0.3) is 0 Å². The van der Waals surface area contributed by atoms with Crippen molar-refractivity contribution in [2.75, 3.05) is 13.1 Å². The molecule has 1 N–H and O–H groups in total. The first-order chi connectivity index (χ1) is 12.4. The molecular formula is C20H28N2O3S. The molecule has 1 aliphatic carbocycles. The van der Waals surface area contributed by atoms with Gasteiger partial charge in [0.15, 0.2) is 0 Å². The van der Waals surface area contributed by atoms with Crippen LogP contribution in [-0.2, 0) is 14.8 Å². The van der Waals surface area contributed by atoms with Crippen LogP contribution in [0.4, 0.5) is 0 Å². The third kappa shape index (κ3) is 4.18.